The zero-order chi connectivity index (χ0) is 13.5. The Kier molecular flexibility index (Phi) is 3.31. The Hall–Kier alpha value is -1.00. The van der Waals surface area contributed by atoms with Crippen LogP contribution in [0.1, 0.15) is 43.7 Å². The van der Waals surface area contributed by atoms with Crippen LogP contribution in [0.5, 0.6) is 0 Å². The van der Waals surface area contributed by atoms with E-state index in [1.54, 1.807) is 6.07 Å². The van der Waals surface area contributed by atoms with Crippen molar-refractivity contribution in [2.45, 2.75) is 43.7 Å². The quantitative estimate of drug-likeness (QED) is 0.892. The highest BCUT2D eigenvalue weighted by atomic mass is 19.2. The standard InChI is InChI=1S/C15H19F2NO/c16-12-4-1-3-11(13(12)17)14(18)10-5-8-19-15(9-10)6-2-7-15/h1,3-4,10,14H,2,5-9,18H2. The maximum Gasteiger partial charge on any atom is 0.163 e. The summed E-state index contributed by atoms with van der Waals surface area (Å²) in [5.41, 5.74) is 6.45. The van der Waals surface area contributed by atoms with Gasteiger partial charge in [0.05, 0.1) is 5.60 Å². The molecule has 104 valence electrons. The van der Waals surface area contributed by atoms with Crippen LogP contribution in [0.4, 0.5) is 8.78 Å². The molecule has 2 unspecified atom stereocenters. The van der Waals surface area contributed by atoms with Crippen molar-refractivity contribution in [2.75, 3.05) is 6.61 Å². The van der Waals surface area contributed by atoms with Crippen molar-refractivity contribution in [3.8, 4) is 0 Å². The van der Waals surface area contributed by atoms with Gasteiger partial charge in [-0.2, -0.15) is 0 Å². The topological polar surface area (TPSA) is 35.2 Å². The normalized spacial score (nSPS) is 27.0. The monoisotopic (exact) mass is 267 g/mol. The van der Waals surface area contributed by atoms with Crippen LogP contribution in [0.25, 0.3) is 0 Å². The molecule has 3 rings (SSSR count). The van der Waals surface area contributed by atoms with E-state index in [0.717, 1.165) is 31.7 Å². The van der Waals surface area contributed by atoms with E-state index in [1.807, 2.05) is 0 Å². The van der Waals surface area contributed by atoms with Crippen LogP contribution in [0.3, 0.4) is 0 Å². The lowest BCUT2D eigenvalue weighted by Gasteiger charge is -2.48. The fourth-order valence-corrected chi connectivity index (χ4v) is 3.32. The van der Waals surface area contributed by atoms with Gasteiger partial charge in [-0.1, -0.05) is 12.1 Å². The molecule has 2 atom stereocenters. The van der Waals surface area contributed by atoms with Gasteiger partial charge >= 0.3 is 0 Å². The van der Waals surface area contributed by atoms with Crippen molar-refractivity contribution in [3.05, 3.63) is 35.4 Å². The first-order chi connectivity index (χ1) is 9.11. The zero-order valence-corrected chi connectivity index (χ0v) is 10.9. The third-order valence-electron chi connectivity index (χ3n) is 4.64. The van der Waals surface area contributed by atoms with Crippen LogP contribution in [0.15, 0.2) is 18.2 Å². The fourth-order valence-electron chi connectivity index (χ4n) is 3.32. The van der Waals surface area contributed by atoms with Crippen molar-refractivity contribution in [1.29, 1.82) is 0 Å². The van der Waals surface area contributed by atoms with Gasteiger partial charge in [-0.15, -0.1) is 0 Å². The molecule has 0 amide bonds. The smallest absolute Gasteiger partial charge is 0.163 e. The third-order valence-corrected chi connectivity index (χ3v) is 4.64. The first kappa shape index (κ1) is 13.0. The number of nitrogens with two attached hydrogens (primary N) is 1. The van der Waals surface area contributed by atoms with Gasteiger partial charge in [-0.25, -0.2) is 8.78 Å². The van der Waals surface area contributed by atoms with E-state index in [4.69, 9.17) is 10.5 Å². The molecule has 2 N–H and O–H groups in total. The molecule has 1 aromatic carbocycles. The maximum absolute atomic E-state index is 13.8. The Labute approximate surface area is 111 Å². The van der Waals surface area contributed by atoms with Crippen LogP contribution < -0.4 is 5.73 Å². The molecule has 1 saturated carbocycles. The van der Waals surface area contributed by atoms with Gasteiger partial charge in [0.15, 0.2) is 11.6 Å². The van der Waals surface area contributed by atoms with Crippen LogP contribution in [0, 0.1) is 17.6 Å². The lowest BCUT2D eigenvalue weighted by atomic mass is 9.70. The summed E-state index contributed by atoms with van der Waals surface area (Å²) in [5.74, 6) is -1.45. The summed E-state index contributed by atoms with van der Waals surface area (Å²) in [7, 11) is 0. The Bertz CT molecular complexity index is 473. The van der Waals surface area contributed by atoms with Crippen LogP contribution in [0.2, 0.25) is 0 Å². The number of halogens is 2. The summed E-state index contributed by atoms with van der Waals surface area (Å²) in [6.45, 7) is 0.676. The summed E-state index contributed by atoms with van der Waals surface area (Å²) in [4.78, 5) is 0. The number of benzene rings is 1. The first-order valence-corrected chi connectivity index (χ1v) is 6.95. The largest absolute Gasteiger partial charge is 0.375 e. The van der Waals surface area contributed by atoms with Crippen molar-refractivity contribution < 1.29 is 13.5 Å². The Morgan fingerprint density at radius 1 is 1.32 bits per heavy atom. The lowest BCUT2D eigenvalue weighted by Crippen LogP contribution is -2.47. The molecule has 2 aliphatic rings. The SMILES string of the molecule is NC(c1cccc(F)c1F)C1CCOC2(CCC2)C1. The number of hydrogen-bond donors (Lipinski definition) is 1. The third kappa shape index (κ3) is 2.28. The van der Waals surface area contributed by atoms with E-state index in [2.05, 4.69) is 0 Å². The maximum atomic E-state index is 13.8. The van der Waals surface area contributed by atoms with Crippen molar-refractivity contribution >= 4 is 0 Å². The molecule has 4 heteroatoms. The van der Waals surface area contributed by atoms with E-state index in [0.29, 0.717) is 12.2 Å². The molecular formula is C15H19F2NO. The highest BCUT2D eigenvalue weighted by Crippen LogP contribution is 2.46. The Balaban J connectivity index is 1.79. The lowest BCUT2D eigenvalue weighted by molar-refractivity contribution is -0.146. The molecular weight excluding hydrogens is 248 g/mol. The number of ether oxygens (including phenoxy) is 1. The van der Waals surface area contributed by atoms with Crippen LogP contribution >= 0.6 is 0 Å². The second kappa shape index (κ2) is 4.84. The van der Waals surface area contributed by atoms with Crippen molar-refractivity contribution in [2.24, 2.45) is 11.7 Å². The zero-order valence-electron chi connectivity index (χ0n) is 10.9. The molecule has 1 aliphatic heterocycles. The second-order valence-electron chi connectivity index (χ2n) is 5.81. The minimum absolute atomic E-state index is 0.0235. The first-order valence-electron chi connectivity index (χ1n) is 6.95. The van der Waals surface area contributed by atoms with E-state index in [1.165, 1.54) is 12.5 Å². The summed E-state index contributed by atoms with van der Waals surface area (Å²) in [5, 5.41) is 0. The molecule has 0 bridgehead atoms. The molecule has 0 aromatic heterocycles. The molecule has 1 saturated heterocycles. The molecule has 1 heterocycles. The van der Waals surface area contributed by atoms with Gasteiger partial charge < -0.3 is 10.5 Å². The van der Waals surface area contributed by atoms with Crippen molar-refractivity contribution in [1.82, 2.24) is 0 Å². The molecule has 19 heavy (non-hydrogen) atoms. The predicted molar refractivity (Wildman–Crippen MR) is 68.5 cm³/mol. The van der Waals surface area contributed by atoms with Gasteiger partial charge in [-0.05, 0) is 44.1 Å². The molecule has 1 aromatic rings. The summed E-state index contributed by atoms with van der Waals surface area (Å²) < 4.78 is 32.9. The van der Waals surface area contributed by atoms with Gasteiger partial charge in [0.1, 0.15) is 0 Å². The average Bonchev–Trinajstić information content (AvgIpc) is 2.39. The summed E-state index contributed by atoms with van der Waals surface area (Å²) in [6.07, 6.45) is 5.02. The highest BCUT2D eigenvalue weighted by molar-refractivity contribution is 5.23. The van der Waals surface area contributed by atoms with Gasteiger partial charge in [-0.3, -0.25) is 0 Å². The summed E-state index contributed by atoms with van der Waals surface area (Å²) >= 11 is 0. The van der Waals surface area contributed by atoms with Gasteiger partial charge in [0.25, 0.3) is 0 Å². The fraction of sp³-hybridized carbons (Fsp3) is 0.600. The predicted octanol–water partition coefficient (Wildman–Crippen LogP) is 3.31. The Morgan fingerprint density at radius 3 is 2.79 bits per heavy atom. The van der Waals surface area contributed by atoms with E-state index >= 15 is 0 Å². The van der Waals surface area contributed by atoms with Gasteiger partial charge in [0.2, 0.25) is 0 Å². The number of rotatable bonds is 2. The molecule has 1 aliphatic carbocycles. The van der Waals surface area contributed by atoms with Gasteiger partial charge in [0, 0.05) is 18.2 Å². The van der Waals surface area contributed by atoms with E-state index in [9.17, 15) is 8.78 Å². The van der Waals surface area contributed by atoms with Crippen LogP contribution in [-0.2, 0) is 4.74 Å². The highest BCUT2D eigenvalue weighted by Gasteiger charge is 2.44. The van der Waals surface area contributed by atoms with E-state index < -0.39 is 17.7 Å². The molecule has 2 nitrogen and oxygen atoms in total. The van der Waals surface area contributed by atoms with Crippen molar-refractivity contribution in [3.63, 3.8) is 0 Å². The van der Waals surface area contributed by atoms with Crippen LogP contribution in [-0.4, -0.2) is 12.2 Å². The Morgan fingerprint density at radius 2 is 2.11 bits per heavy atom. The minimum atomic E-state index is -0.821. The molecule has 2 fully saturated rings. The average molecular weight is 267 g/mol. The molecule has 0 radical (unpaired) electrons. The number of hydrogen-bond acceptors (Lipinski definition) is 2. The summed E-state index contributed by atoms with van der Waals surface area (Å²) in [6, 6.07) is 3.79. The second-order valence-corrected chi connectivity index (χ2v) is 5.81. The molecule has 1 spiro atoms. The van der Waals surface area contributed by atoms with E-state index in [-0.39, 0.29) is 11.5 Å². The minimum Gasteiger partial charge on any atom is -0.375 e.